The normalized spacial score (nSPS) is 21.7. The molecule has 2 atom stereocenters. The zero-order valence-corrected chi connectivity index (χ0v) is 9.57. The molecule has 0 saturated carbocycles. The number of carbonyl (C=O) groups excluding carboxylic acids is 1. The van der Waals surface area contributed by atoms with E-state index in [0.29, 0.717) is 26.1 Å². The minimum atomic E-state index is -0.958. The standard InChI is InChI=1S/C11H19NO4/c1-2-3-4-9(11(14)15)12-10(13)8-5-6-16-7-8/h8-9H,2-7H2,1H3,(H,12,13)(H,14,15)/t8-,9-/m0/s1. The Balaban J connectivity index is 2.40. The van der Waals surface area contributed by atoms with E-state index in [0.717, 1.165) is 12.8 Å². The van der Waals surface area contributed by atoms with E-state index < -0.39 is 12.0 Å². The van der Waals surface area contributed by atoms with E-state index in [1.165, 1.54) is 0 Å². The van der Waals surface area contributed by atoms with Crippen LogP contribution in [0.1, 0.15) is 32.6 Å². The van der Waals surface area contributed by atoms with Gasteiger partial charge in [0.15, 0.2) is 0 Å². The highest BCUT2D eigenvalue weighted by atomic mass is 16.5. The summed E-state index contributed by atoms with van der Waals surface area (Å²) in [5.74, 6) is -1.33. The van der Waals surface area contributed by atoms with Crippen molar-refractivity contribution in [1.82, 2.24) is 5.32 Å². The van der Waals surface area contributed by atoms with Gasteiger partial charge < -0.3 is 15.2 Å². The molecule has 16 heavy (non-hydrogen) atoms. The molecule has 92 valence electrons. The molecular formula is C11H19NO4. The van der Waals surface area contributed by atoms with Gasteiger partial charge in [0.1, 0.15) is 6.04 Å². The molecule has 2 N–H and O–H groups in total. The van der Waals surface area contributed by atoms with Crippen LogP contribution in [0, 0.1) is 5.92 Å². The summed E-state index contributed by atoms with van der Waals surface area (Å²) in [5, 5.41) is 11.5. The largest absolute Gasteiger partial charge is 0.480 e. The zero-order valence-electron chi connectivity index (χ0n) is 9.57. The predicted octanol–water partition coefficient (Wildman–Crippen LogP) is 0.782. The molecule has 0 aromatic rings. The molecule has 1 amide bonds. The molecule has 1 aliphatic heterocycles. The Morgan fingerprint density at radius 2 is 2.31 bits per heavy atom. The van der Waals surface area contributed by atoms with Crippen LogP contribution in [0.5, 0.6) is 0 Å². The number of nitrogens with one attached hydrogen (secondary N) is 1. The lowest BCUT2D eigenvalue weighted by Crippen LogP contribution is -2.43. The van der Waals surface area contributed by atoms with Gasteiger partial charge in [0.05, 0.1) is 12.5 Å². The molecule has 0 spiro atoms. The highest BCUT2D eigenvalue weighted by molar-refractivity contribution is 5.85. The Labute approximate surface area is 95.2 Å². The number of ether oxygens (including phenoxy) is 1. The predicted molar refractivity (Wildman–Crippen MR) is 58.0 cm³/mol. The summed E-state index contributed by atoms with van der Waals surface area (Å²) in [5.41, 5.74) is 0. The van der Waals surface area contributed by atoms with Crippen LogP contribution in [-0.2, 0) is 14.3 Å². The van der Waals surface area contributed by atoms with Crippen LogP contribution >= 0.6 is 0 Å². The molecule has 1 aliphatic rings. The SMILES string of the molecule is CCCC[C@H](NC(=O)[C@H]1CCOC1)C(=O)O. The van der Waals surface area contributed by atoms with Crippen molar-refractivity contribution in [3.63, 3.8) is 0 Å². The summed E-state index contributed by atoms with van der Waals surface area (Å²) < 4.78 is 5.09. The highest BCUT2D eigenvalue weighted by Crippen LogP contribution is 2.13. The molecule has 0 aromatic carbocycles. The van der Waals surface area contributed by atoms with Gasteiger partial charge in [-0.05, 0) is 12.8 Å². The average Bonchev–Trinajstić information content (AvgIpc) is 2.76. The third-order valence-electron chi connectivity index (χ3n) is 2.76. The first-order chi connectivity index (χ1) is 7.65. The Morgan fingerprint density at radius 1 is 1.56 bits per heavy atom. The first-order valence-electron chi connectivity index (χ1n) is 5.76. The van der Waals surface area contributed by atoms with E-state index >= 15 is 0 Å². The molecule has 0 unspecified atom stereocenters. The molecule has 0 bridgehead atoms. The fourth-order valence-corrected chi connectivity index (χ4v) is 1.70. The lowest BCUT2D eigenvalue weighted by Gasteiger charge is -2.16. The van der Waals surface area contributed by atoms with Crippen molar-refractivity contribution in [2.24, 2.45) is 5.92 Å². The van der Waals surface area contributed by atoms with Crippen molar-refractivity contribution in [3.8, 4) is 0 Å². The molecule has 5 nitrogen and oxygen atoms in total. The summed E-state index contributed by atoms with van der Waals surface area (Å²) in [4.78, 5) is 22.6. The van der Waals surface area contributed by atoms with Crippen LogP contribution in [-0.4, -0.2) is 36.2 Å². The summed E-state index contributed by atoms with van der Waals surface area (Å²) in [7, 11) is 0. The van der Waals surface area contributed by atoms with Crippen LogP contribution in [0.15, 0.2) is 0 Å². The van der Waals surface area contributed by atoms with Crippen LogP contribution in [0.2, 0.25) is 0 Å². The number of amides is 1. The second-order valence-electron chi connectivity index (χ2n) is 4.10. The van der Waals surface area contributed by atoms with Gasteiger partial charge >= 0.3 is 5.97 Å². The topological polar surface area (TPSA) is 75.6 Å². The minimum absolute atomic E-state index is 0.177. The maximum Gasteiger partial charge on any atom is 0.326 e. The second-order valence-corrected chi connectivity index (χ2v) is 4.10. The number of hydrogen-bond donors (Lipinski definition) is 2. The molecule has 1 rings (SSSR count). The van der Waals surface area contributed by atoms with Gasteiger partial charge in [0, 0.05) is 6.61 Å². The fourth-order valence-electron chi connectivity index (χ4n) is 1.70. The van der Waals surface area contributed by atoms with Gasteiger partial charge in [-0.2, -0.15) is 0 Å². The van der Waals surface area contributed by atoms with Gasteiger partial charge in [0.25, 0.3) is 0 Å². The first-order valence-corrected chi connectivity index (χ1v) is 5.76. The van der Waals surface area contributed by atoms with Crippen LogP contribution in [0.4, 0.5) is 0 Å². The number of hydrogen-bond acceptors (Lipinski definition) is 3. The zero-order chi connectivity index (χ0) is 12.0. The second kappa shape index (κ2) is 6.48. The fraction of sp³-hybridized carbons (Fsp3) is 0.818. The number of carboxylic acids is 1. The van der Waals surface area contributed by atoms with E-state index in [9.17, 15) is 9.59 Å². The van der Waals surface area contributed by atoms with Gasteiger partial charge in [-0.15, -0.1) is 0 Å². The summed E-state index contributed by atoms with van der Waals surface area (Å²) in [6.07, 6.45) is 2.90. The smallest absolute Gasteiger partial charge is 0.326 e. The van der Waals surface area contributed by atoms with Crippen molar-refractivity contribution in [1.29, 1.82) is 0 Å². The number of carboxylic acid groups (broad SMARTS) is 1. The van der Waals surface area contributed by atoms with Crippen molar-refractivity contribution in [2.75, 3.05) is 13.2 Å². The summed E-state index contributed by atoms with van der Waals surface area (Å²) in [6, 6.07) is -0.756. The number of aliphatic carboxylic acids is 1. The molecule has 1 fully saturated rings. The quantitative estimate of drug-likeness (QED) is 0.705. The Kier molecular flexibility index (Phi) is 5.25. The van der Waals surface area contributed by atoms with Gasteiger partial charge in [-0.3, -0.25) is 4.79 Å². The monoisotopic (exact) mass is 229 g/mol. The van der Waals surface area contributed by atoms with Crippen molar-refractivity contribution < 1.29 is 19.4 Å². The Morgan fingerprint density at radius 3 is 2.81 bits per heavy atom. The van der Waals surface area contributed by atoms with Crippen molar-refractivity contribution >= 4 is 11.9 Å². The summed E-state index contributed by atoms with van der Waals surface area (Å²) >= 11 is 0. The lowest BCUT2D eigenvalue weighted by atomic mass is 10.1. The third-order valence-corrected chi connectivity index (χ3v) is 2.76. The van der Waals surface area contributed by atoms with Crippen molar-refractivity contribution in [3.05, 3.63) is 0 Å². The van der Waals surface area contributed by atoms with Crippen LogP contribution in [0.25, 0.3) is 0 Å². The number of unbranched alkanes of at least 4 members (excludes halogenated alkanes) is 1. The average molecular weight is 229 g/mol. The maximum absolute atomic E-state index is 11.7. The van der Waals surface area contributed by atoms with E-state index in [4.69, 9.17) is 9.84 Å². The highest BCUT2D eigenvalue weighted by Gasteiger charge is 2.27. The lowest BCUT2D eigenvalue weighted by molar-refractivity contribution is -0.142. The van der Waals surface area contributed by atoms with E-state index in [1.807, 2.05) is 6.92 Å². The molecule has 5 heteroatoms. The van der Waals surface area contributed by atoms with Crippen LogP contribution in [0.3, 0.4) is 0 Å². The van der Waals surface area contributed by atoms with Gasteiger partial charge in [-0.1, -0.05) is 19.8 Å². The minimum Gasteiger partial charge on any atom is -0.480 e. The Bertz CT molecular complexity index is 248. The van der Waals surface area contributed by atoms with Gasteiger partial charge in [-0.25, -0.2) is 4.79 Å². The molecule has 0 aromatic heterocycles. The molecule has 1 saturated heterocycles. The third kappa shape index (κ3) is 3.81. The van der Waals surface area contributed by atoms with Gasteiger partial charge in [0.2, 0.25) is 5.91 Å². The van der Waals surface area contributed by atoms with Crippen molar-refractivity contribution in [2.45, 2.75) is 38.6 Å². The molecule has 0 aliphatic carbocycles. The van der Waals surface area contributed by atoms with E-state index in [-0.39, 0.29) is 11.8 Å². The number of rotatable bonds is 6. The molecule has 0 radical (unpaired) electrons. The molecule has 1 heterocycles. The van der Waals surface area contributed by atoms with E-state index in [1.54, 1.807) is 0 Å². The Hall–Kier alpha value is -1.10. The molecular weight excluding hydrogens is 210 g/mol. The summed E-state index contributed by atoms with van der Waals surface area (Å²) in [6.45, 7) is 2.99. The van der Waals surface area contributed by atoms with E-state index in [2.05, 4.69) is 5.32 Å². The maximum atomic E-state index is 11.7. The first kappa shape index (κ1) is 13.0. The number of carbonyl (C=O) groups is 2. The van der Waals surface area contributed by atoms with Crippen LogP contribution < -0.4 is 5.32 Å².